The van der Waals surface area contributed by atoms with E-state index < -0.39 is 0 Å². The number of carbonyl (C=O) groups excluding carboxylic acids is 1. The van der Waals surface area contributed by atoms with Crippen LogP contribution >= 0.6 is 22.7 Å². The Hall–Kier alpha value is -2.19. The molecule has 2 heterocycles. The van der Waals surface area contributed by atoms with Gasteiger partial charge >= 0.3 is 0 Å². The number of anilines is 1. The van der Waals surface area contributed by atoms with E-state index in [0.29, 0.717) is 19.0 Å². The lowest BCUT2D eigenvalue weighted by molar-refractivity contribution is -0.119. The fraction of sp³-hybridized carbons (Fsp3) is 0.353. The third-order valence-electron chi connectivity index (χ3n) is 3.13. The number of hydrogen-bond donors (Lipinski definition) is 3. The van der Waals surface area contributed by atoms with Crippen LogP contribution < -0.4 is 16.4 Å². The van der Waals surface area contributed by atoms with E-state index in [0.717, 1.165) is 27.0 Å². The largest absolute Gasteiger partial charge is 0.370 e. The van der Waals surface area contributed by atoms with Crippen molar-refractivity contribution in [2.75, 3.05) is 11.9 Å². The molecule has 2 aromatic heterocycles. The smallest absolute Gasteiger partial charge is 0.217 e. The van der Waals surface area contributed by atoms with Crippen LogP contribution in [-0.2, 0) is 11.3 Å². The van der Waals surface area contributed by atoms with Crippen molar-refractivity contribution >= 4 is 39.7 Å². The molecule has 6 nitrogen and oxygen atoms in total. The molecule has 0 radical (unpaired) electrons. The molecule has 4 N–H and O–H groups in total. The lowest BCUT2D eigenvalue weighted by Gasteiger charge is -2.00. The Balaban J connectivity index is 1.92. The van der Waals surface area contributed by atoms with Crippen LogP contribution in [0, 0.1) is 0 Å². The number of allylic oxidation sites excluding steroid dienone is 1. The summed E-state index contributed by atoms with van der Waals surface area (Å²) in [5.41, 5.74) is 8.06. The summed E-state index contributed by atoms with van der Waals surface area (Å²) in [4.78, 5) is 22.0. The van der Waals surface area contributed by atoms with Gasteiger partial charge in [0.05, 0.1) is 17.1 Å². The number of aromatic nitrogens is 1. The maximum Gasteiger partial charge on any atom is 0.217 e. The van der Waals surface area contributed by atoms with Crippen LogP contribution in [0.3, 0.4) is 0 Å². The number of rotatable bonds is 7. The lowest BCUT2D eigenvalue weighted by atomic mass is 10.3. The molecule has 0 aliphatic heterocycles. The molecule has 0 aliphatic rings. The molecule has 0 saturated heterocycles. The summed E-state index contributed by atoms with van der Waals surface area (Å²) in [7, 11) is 0. The number of thiophene rings is 1. The van der Waals surface area contributed by atoms with Crippen LogP contribution in [0.2, 0.25) is 0 Å². The standard InChI is InChI=1S/C17H23N5OS2/c1-11(2)5-4-8-19-16(18)22-17-21-14(10-24-17)15-7-6-13(25-15)9-20-12(3)23/h5-7,10H,4,8-9H2,1-3H3,(H,20,23)(H3,18,19,21,22). The first kappa shape index (κ1) is 19.1. The first-order valence-corrected chi connectivity index (χ1v) is 9.63. The lowest BCUT2D eigenvalue weighted by Crippen LogP contribution is -2.22. The van der Waals surface area contributed by atoms with Gasteiger partial charge in [0, 0.05) is 23.7 Å². The predicted molar refractivity (Wildman–Crippen MR) is 107 cm³/mol. The third kappa shape index (κ3) is 6.67. The molecular formula is C17H23N5OS2. The van der Waals surface area contributed by atoms with Crippen molar-refractivity contribution in [2.45, 2.75) is 33.7 Å². The number of thiazole rings is 1. The highest BCUT2D eigenvalue weighted by Crippen LogP contribution is 2.30. The number of carbonyl (C=O) groups is 1. The quantitative estimate of drug-likeness (QED) is 0.297. The fourth-order valence-corrected chi connectivity index (χ4v) is 3.65. The minimum Gasteiger partial charge on any atom is -0.370 e. The zero-order valence-electron chi connectivity index (χ0n) is 14.6. The SMILES string of the molecule is CC(=O)NCc1ccc(-c2csc(NC(N)=NCCC=C(C)C)n2)s1. The van der Waals surface area contributed by atoms with Gasteiger partial charge in [0.2, 0.25) is 5.91 Å². The zero-order valence-corrected chi connectivity index (χ0v) is 16.3. The van der Waals surface area contributed by atoms with Crippen LogP contribution in [0.15, 0.2) is 34.2 Å². The summed E-state index contributed by atoms with van der Waals surface area (Å²) in [5, 5.41) is 8.52. The zero-order chi connectivity index (χ0) is 18.2. The van der Waals surface area contributed by atoms with E-state index in [1.54, 1.807) is 11.3 Å². The van der Waals surface area contributed by atoms with Gasteiger partial charge in [0.15, 0.2) is 11.1 Å². The molecule has 0 spiro atoms. The van der Waals surface area contributed by atoms with Crippen molar-refractivity contribution < 1.29 is 4.79 Å². The second-order valence-electron chi connectivity index (χ2n) is 5.68. The van der Waals surface area contributed by atoms with E-state index in [4.69, 9.17) is 5.73 Å². The number of aliphatic imine (C=N–C) groups is 1. The Morgan fingerprint density at radius 2 is 2.16 bits per heavy atom. The van der Waals surface area contributed by atoms with Gasteiger partial charge in [-0.05, 0) is 32.4 Å². The van der Waals surface area contributed by atoms with Gasteiger partial charge in [0.25, 0.3) is 0 Å². The molecule has 2 rings (SSSR count). The topological polar surface area (TPSA) is 92.4 Å². The molecule has 0 aromatic carbocycles. The second kappa shape index (κ2) is 9.33. The first-order valence-electron chi connectivity index (χ1n) is 7.93. The van der Waals surface area contributed by atoms with E-state index >= 15 is 0 Å². The van der Waals surface area contributed by atoms with Crippen molar-refractivity contribution in [2.24, 2.45) is 10.7 Å². The van der Waals surface area contributed by atoms with E-state index in [9.17, 15) is 4.79 Å². The number of nitrogens with two attached hydrogens (primary N) is 1. The molecule has 0 unspecified atom stereocenters. The van der Waals surface area contributed by atoms with Gasteiger partial charge in [0.1, 0.15) is 0 Å². The highest BCUT2D eigenvalue weighted by Gasteiger charge is 2.08. The van der Waals surface area contributed by atoms with Crippen molar-refractivity contribution in [1.82, 2.24) is 10.3 Å². The molecule has 25 heavy (non-hydrogen) atoms. The Kier molecular flexibility index (Phi) is 7.15. The maximum absolute atomic E-state index is 11.0. The summed E-state index contributed by atoms with van der Waals surface area (Å²) >= 11 is 3.10. The molecule has 0 bridgehead atoms. The number of nitrogens with zero attached hydrogens (tertiary/aromatic N) is 2. The van der Waals surface area contributed by atoms with E-state index in [-0.39, 0.29) is 5.91 Å². The van der Waals surface area contributed by atoms with Crippen LogP contribution in [0.1, 0.15) is 32.1 Å². The molecule has 0 aliphatic carbocycles. The average molecular weight is 378 g/mol. The Morgan fingerprint density at radius 3 is 2.88 bits per heavy atom. The van der Waals surface area contributed by atoms with E-state index in [1.165, 1.54) is 23.8 Å². The molecule has 0 fully saturated rings. The fourth-order valence-electron chi connectivity index (χ4n) is 1.95. The summed E-state index contributed by atoms with van der Waals surface area (Å²) in [6.07, 6.45) is 3.01. The maximum atomic E-state index is 11.0. The van der Waals surface area contributed by atoms with Crippen LogP contribution in [-0.4, -0.2) is 23.4 Å². The van der Waals surface area contributed by atoms with Crippen LogP contribution in [0.5, 0.6) is 0 Å². The first-order chi connectivity index (χ1) is 11.9. The van der Waals surface area contributed by atoms with E-state index in [2.05, 4.69) is 40.5 Å². The van der Waals surface area contributed by atoms with Crippen molar-refractivity contribution in [3.63, 3.8) is 0 Å². The van der Waals surface area contributed by atoms with Crippen LogP contribution in [0.4, 0.5) is 5.13 Å². The highest BCUT2D eigenvalue weighted by atomic mass is 32.1. The average Bonchev–Trinajstić information content (AvgIpc) is 3.18. The monoisotopic (exact) mass is 377 g/mol. The number of guanidine groups is 1. The summed E-state index contributed by atoms with van der Waals surface area (Å²) < 4.78 is 0. The van der Waals surface area contributed by atoms with Crippen molar-refractivity contribution in [1.29, 1.82) is 0 Å². The minimum absolute atomic E-state index is 0.0329. The Bertz CT molecular complexity index is 772. The van der Waals surface area contributed by atoms with E-state index in [1.807, 2.05) is 17.5 Å². The summed E-state index contributed by atoms with van der Waals surface area (Å²) in [6.45, 7) is 6.84. The number of hydrogen-bond acceptors (Lipinski definition) is 5. The van der Waals surface area contributed by atoms with Crippen LogP contribution in [0.25, 0.3) is 10.6 Å². The summed E-state index contributed by atoms with van der Waals surface area (Å²) in [6, 6.07) is 4.01. The normalized spacial score (nSPS) is 11.2. The second-order valence-corrected chi connectivity index (χ2v) is 7.70. The van der Waals surface area contributed by atoms with Gasteiger partial charge < -0.3 is 16.4 Å². The molecule has 8 heteroatoms. The Morgan fingerprint density at radius 1 is 1.36 bits per heavy atom. The summed E-state index contributed by atoms with van der Waals surface area (Å²) in [5.74, 6) is 0.343. The van der Waals surface area contributed by atoms with Gasteiger partial charge in [-0.15, -0.1) is 22.7 Å². The molecule has 134 valence electrons. The molecule has 2 aromatic rings. The molecule has 1 amide bonds. The van der Waals surface area contributed by atoms with Gasteiger partial charge in [-0.1, -0.05) is 11.6 Å². The number of amides is 1. The molecular weight excluding hydrogens is 354 g/mol. The van der Waals surface area contributed by atoms with Gasteiger partial charge in [-0.2, -0.15) is 0 Å². The van der Waals surface area contributed by atoms with Crippen molar-refractivity contribution in [3.8, 4) is 10.6 Å². The minimum atomic E-state index is -0.0329. The Labute approximate surface area is 155 Å². The van der Waals surface area contributed by atoms with Crippen molar-refractivity contribution in [3.05, 3.63) is 34.0 Å². The predicted octanol–water partition coefficient (Wildman–Crippen LogP) is 3.59. The highest BCUT2D eigenvalue weighted by molar-refractivity contribution is 7.17. The van der Waals surface area contributed by atoms with Gasteiger partial charge in [-0.3, -0.25) is 9.79 Å². The number of nitrogens with one attached hydrogen (secondary N) is 2. The third-order valence-corrected chi connectivity index (χ3v) is 4.99. The molecule has 0 atom stereocenters. The molecule has 0 saturated carbocycles. The van der Waals surface area contributed by atoms with Gasteiger partial charge in [-0.25, -0.2) is 4.98 Å².